The van der Waals surface area contributed by atoms with E-state index in [1.165, 1.54) is 12.8 Å². The smallest absolute Gasteiger partial charge is 0.254 e. The molecule has 1 aromatic rings. The quantitative estimate of drug-likeness (QED) is 0.683. The molecule has 2 aliphatic heterocycles. The number of amides is 1. The lowest BCUT2D eigenvalue weighted by atomic mass is 9.99. The first-order valence-corrected chi connectivity index (χ1v) is 8.57. The minimum absolute atomic E-state index is 0.118. The molecule has 124 valence electrons. The Morgan fingerprint density at radius 2 is 2.00 bits per heavy atom. The lowest BCUT2D eigenvalue weighted by Crippen LogP contribution is -2.43. The number of nitrogens with zero attached hydrogens (tertiary/aromatic N) is 3. The third-order valence-corrected chi connectivity index (χ3v) is 4.94. The van der Waals surface area contributed by atoms with E-state index in [0.717, 1.165) is 43.1 Å². The van der Waals surface area contributed by atoms with Crippen LogP contribution in [0.2, 0.25) is 0 Å². The molecule has 0 spiro atoms. The predicted octanol–water partition coefficient (Wildman–Crippen LogP) is 1.73. The van der Waals surface area contributed by atoms with Crippen LogP contribution in [0.3, 0.4) is 0 Å². The molecule has 1 saturated heterocycles. The fraction of sp³-hybridized carbons (Fsp3) is 0.556. The van der Waals surface area contributed by atoms with Crippen LogP contribution in [0.5, 0.6) is 0 Å². The van der Waals surface area contributed by atoms with Crippen molar-refractivity contribution >= 4 is 11.9 Å². The van der Waals surface area contributed by atoms with Crippen LogP contribution >= 0.6 is 0 Å². The van der Waals surface area contributed by atoms with Gasteiger partial charge in [0, 0.05) is 31.7 Å². The first kappa shape index (κ1) is 15.8. The Bertz CT molecular complexity index is 590. The van der Waals surface area contributed by atoms with Crippen molar-refractivity contribution in [2.75, 3.05) is 32.7 Å². The standard InChI is InChI=1S/C18H26N4O/c1-14-6-10-22(11-7-14)18(19)20-9-13-21-12-8-15-4-2-3-5-16(15)17(21)23/h2-5,14H,6-13H2,1H3,(H2,19,20). The molecule has 0 unspecified atom stereocenters. The molecule has 2 heterocycles. The van der Waals surface area contributed by atoms with Gasteiger partial charge in [-0.3, -0.25) is 9.79 Å². The third kappa shape index (κ3) is 3.66. The van der Waals surface area contributed by atoms with E-state index in [-0.39, 0.29) is 5.91 Å². The molecular weight excluding hydrogens is 288 g/mol. The highest BCUT2D eigenvalue weighted by atomic mass is 16.2. The Morgan fingerprint density at radius 3 is 2.78 bits per heavy atom. The maximum absolute atomic E-state index is 12.5. The number of guanidine groups is 1. The van der Waals surface area contributed by atoms with E-state index >= 15 is 0 Å². The van der Waals surface area contributed by atoms with E-state index in [4.69, 9.17) is 5.73 Å². The summed E-state index contributed by atoms with van der Waals surface area (Å²) < 4.78 is 0. The zero-order valence-corrected chi connectivity index (χ0v) is 13.9. The number of nitrogens with two attached hydrogens (primary N) is 1. The normalized spacial score (nSPS) is 19.9. The van der Waals surface area contributed by atoms with E-state index in [1.54, 1.807) is 0 Å². The van der Waals surface area contributed by atoms with Gasteiger partial charge in [-0.25, -0.2) is 0 Å². The van der Waals surface area contributed by atoms with Crippen LogP contribution in [0.4, 0.5) is 0 Å². The van der Waals surface area contributed by atoms with Crippen LogP contribution in [0.25, 0.3) is 0 Å². The van der Waals surface area contributed by atoms with E-state index in [1.807, 2.05) is 29.2 Å². The largest absolute Gasteiger partial charge is 0.370 e. The number of piperidine rings is 1. The summed E-state index contributed by atoms with van der Waals surface area (Å²) in [4.78, 5) is 21.0. The van der Waals surface area contributed by atoms with Gasteiger partial charge in [-0.15, -0.1) is 0 Å². The Balaban J connectivity index is 1.53. The second-order valence-electron chi connectivity index (χ2n) is 6.61. The summed E-state index contributed by atoms with van der Waals surface area (Å²) in [6, 6.07) is 7.87. The highest BCUT2D eigenvalue weighted by Crippen LogP contribution is 2.18. The second kappa shape index (κ2) is 7.02. The zero-order valence-electron chi connectivity index (χ0n) is 13.9. The van der Waals surface area contributed by atoms with Crippen molar-refractivity contribution in [3.8, 4) is 0 Å². The maximum Gasteiger partial charge on any atom is 0.254 e. The number of fused-ring (bicyclic) bond motifs is 1. The summed E-state index contributed by atoms with van der Waals surface area (Å²) in [6.45, 7) is 6.25. The van der Waals surface area contributed by atoms with Crippen molar-refractivity contribution < 1.29 is 4.79 Å². The van der Waals surface area contributed by atoms with Crippen molar-refractivity contribution in [3.05, 3.63) is 35.4 Å². The minimum Gasteiger partial charge on any atom is -0.370 e. The SMILES string of the molecule is CC1CCN(C(N)=NCCN2CCc3ccccc3C2=O)CC1. The monoisotopic (exact) mass is 314 g/mol. The summed E-state index contributed by atoms with van der Waals surface area (Å²) in [7, 11) is 0. The van der Waals surface area contributed by atoms with Gasteiger partial charge in [0.25, 0.3) is 5.91 Å². The van der Waals surface area contributed by atoms with Crippen molar-refractivity contribution in [2.24, 2.45) is 16.6 Å². The van der Waals surface area contributed by atoms with E-state index in [0.29, 0.717) is 19.0 Å². The van der Waals surface area contributed by atoms with Gasteiger partial charge < -0.3 is 15.5 Å². The molecule has 2 aliphatic rings. The minimum atomic E-state index is 0.118. The van der Waals surface area contributed by atoms with E-state index < -0.39 is 0 Å². The van der Waals surface area contributed by atoms with Gasteiger partial charge in [0.05, 0.1) is 6.54 Å². The molecule has 23 heavy (non-hydrogen) atoms. The van der Waals surface area contributed by atoms with Gasteiger partial charge in [0.2, 0.25) is 0 Å². The topological polar surface area (TPSA) is 61.9 Å². The molecule has 1 aromatic carbocycles. The number of rotatable bonds is 3. The van der Waals surface area contributed by atoms with Gasteiger partial charge >= 0.3 is 0 Å². The fourth-order valence-electron chi connectivity index (χ4n) is 3.31. The number of carbonyl (C=O) groups excluding carboxylic acids is 1. The van der Waals surface area contributed by atoms with Crippen LogP contribution in [-0.4, -0.2) is 54.4 Å². The average molecular weight is 314 g/mol. The molecular formula is C18H26N4O. The summed E-state index contributed by atoms with van der Waals surface area (Å²) >= 11 is 0. The Labute approximate surface area is 138 Å². The molecule has 0 aliphatic carbocycles. The van der Waals surface area contributed by atoms with E-state index in [2.05, 4.69) is 16.8 Å². The number of hydrogen-bond donors (Lipinski definition) is 1. The Hall–Kier alpha value is -2.04. The molecule has 3 rings (SSSR count). The summed E-state index contributed by atoms with van der Waals surface area (Å²) in [5.74, 6) is 1.53. The van der Waals surface area contributed by atoms with Crippen molar-refractivity contribution in [1.82, 2.24) is 9.80 Å². The van der Waals surface area contributed by atoms with E-state index in [9.17, 15) is 4.79 Å². The van der Waals surface area contributed by atoms with Crippen LogP contribution < -0.4 is 5.73 Å². The molecule has 0 saturated carbocycles. The maximum atomic E-state index is 12.5. The summed E-state index contributed by atoms with van der Waals surface area (Å²) in [5.41, 5.74) is 8.08. The highest BCUT2D eigenvalue weighted by molar-refractivity contribution is 5.96. The van der Waals surface area contributed by atoms with Crippen LogP contribution in [0.15, 0.2) is 29.3 Å². The molecule has 1 amide bonds. The van der Waals surface area contributed by atoms with Crippen LogP contribution in [0, 0.1) is 5.92 Å². The molecule has 2 N–H and O–H groups in total. The van der Waals surface area contributed by atoms with Crippen molar-refractivity contribution in [2.45, 2.75) is 26.2 Å². The molecule has 0 atom stereocenters. The van der Waals surface area contributed by atoms with Gasteiger partial charge in [-0.05, 0) is 36.8 Å². The Kier molecular flexibility index (Phi) is 4.84. The second-order valence-corrected chi connectivity index (χ2v) is 6.61. The number of benzene rings is 1. The molecule has 5 nitrogen and oxygen atoms in total. The highest BCUT2D eigenvalue weighted by Gasteiger charge is 2.23. The van der Waals surface area contributed by atoms with Crippen LogP contribution in [-0.2, 0) is 6.42 Å². The van der Waals surface area contributed by atoms with Crippen molar-refractivity contribution in [1.29, 1.82) is 0 Å². The Morgan fingerprint density at radius 1 is 1.26 bits per heavy atom. The van der Waals surface area contributed by atoms with Crippen molar-refractivity contribution in [3.63, 3.8) is 0 Å². The summed E-state index contributed by atoms with van der Waals surface area (Å²) in [6.07, 6.45) is 3.28. The van der Waals surface area contributed by atoms with Gasteiger partial charge in [0.15, 0.2) is 5.96 Å². The molecule has 0 radical (unpaired) electrons. The molecule has 1 fully saturated rings. The fourth-order valence-corrected chi connectivity index (χ4v) is 3.31. The zero-order chi connectivity index (χ0) is 16.2. The van der Waals surface area contributed by atoms with Gasteiger partial charge in [-0.2, -0.15) is 0 Å². The first-order valence-electron chi connectivity index (χ1n) is 8.57. The molecule has 0 bridgehead atoms. The van der Waals surface area contributed by atoms with Crippen LogP contribution in [0.1, 0.15) is 35.7 Å². The average Bonchev–Trinajstić information content (AvgIpc) is 2.57. The lowest BCUT2D eigenvalue weighted by molar-refractivity contribution is 0.0745. The lowest BCUT2D eigenvalue weighted by Gasteiger charge is -2.31. The number of carbonyl (C=O) groups is 1. The number of aliphatic imine (C=N–C) groups is 1. The van der Waals surface area contributed by atoms with Gasteiger partial charge in [0.1, 0.15) is 0 Å². The number of likely N-dealkylation sites (tertiary alicyclic amines) is 1. The van der Waals surface area contributed by atoms with Gasteiger partial charge in [-0.1, -0.05) is 25.1 Å². The summed E-state index contributed by atoms with van der Waals surface area (Å²) in [5, 5.41) is 0. The molecule has 5 heteroatoms. The third-order valence-electron chi connectivity index (χ3n) is 4.94. The first-order chi connectivity index (χ1) is 11.1. The predicted molar refractivity (Wildman–Crippen MR) is 92.5 cm³/mol. The number of hydrogen-bond acceptors (Lipinski definition) is 2. The molecule has 0 aromatic heterocycles.